The van der Waals surface area contributed by atoms with Crippen molar-refractivity contribution in [2.24, 2.45) is 15.6 Å². The smallest absolute Gasteiger partial charge is 0.442 e. The van der Waals surface area contributed by atoms with Crippen LogP contribution in [-0.2, 0) is 26.4 Å². The highest BCUT2D eigenvalue weighted by Gasteiger charge is 2.65. The molecule has 0 radical (unpaired) electrons. The Morgan fingerprint density at radius 3 is 2.48 bits per heavy atom. The number of carbonyl (C=O) groups excluding carboxylic acids is 2. The molecule has 9 heteroatoms. The van der Waals surface area contributed by atoms with Gasteiger partial charge in [-0.25, -0.2) is 0 Å². The average Bonchev–Trinajstić information content (AvgIpc) is 3.36. The van der Waals surface area contributed by atoms with Crippen molar-refractivity contribution in [2.45, 2.75) is 44.4 Å². The van der Waals surface area contributed by atoms with Gasteiger partial charge in [-0.2, -0.15) is 13.2 Å². The van der Waals surface area contributed by atoms with Gasteiger partial charge in [0.15, 0.2) is 5.78 Å². The monoisotopic (exact) mass is 384 g/mol. The highest BCUT2D eigenvalue weighted by atomic mass is 19.4. The lowest BCUT2D eigenvalue weighted by atomic mass is 9.78. The average molecular weight is 384 g/mol. The molecule has 1 unspecified atom stereocenters. The highest BCUT2D eigenvalue weighted by molar-refractivity contribution is 6.05. The van der Waals surface area contributed by atoms with E-state index in [-0.39, 0.29) is 36.5 Å². The zero-order chi connectivity index (χ0) is 19.9. The van der Waals surface area contributed by atoms with E-state index in [4.69, 9.17) is 9.47 Å². The summed E-state index contributed by atoms with van der Waals surface area (Å²) in [5.41, 5.74) is -3.58. The van der Waals surface area contributed by atoms with Crippen LogP contribution in [0.5, 0.6) is 5.75 Å². The van der Waals surface area contributed by atoms with Crippen molar-refractivity contribution in [3.63, 3.8) is 0 Å². The summed E-state index contributed by atoms with van der Waals surface area (Å²) in [5, 5.41) is 6.36. The van der Waals surface area contributed by atoms with Crippen molar-refractivity contribution < 1.29 is 32.2 Å². The van der Waals surface area contributed by atoms with Gasteiger partial charge in [0.1, 0.15) is 11.2 Å². The van der Waals surface area contributed by atoms with Crippen LogP contribution < -0.4 is 4.74 Å². The molecule has 2 aliphatic rings. The van der Waals surface area contributed by atoms with E-state index in [0.717, 1.165) is 0 Å². The molecule has 0 aromatic heterocycles. The first-order valence-electron chi connectivity index (χ1n) is 8.59. The van der Waals surface area contributed by atoms with E-state index in [1.165, 1.54) is 25.3 Å². The van der Waals surface area contributed by atoms with Crippen LogP contribution in [0.4, 0.5) is 13.2 Å². The van der Waals surface area contributed by atoms with Crippen LogP contribution in [0.25, 0.3) is 0 Å². The molecule has 27 heavy (non-hydrogen) atoms. The summed E-state index contributed by atoms with van der Waals surface area (Å²) in [7, 11) is 1.32. The van der Waals surface area contributed by atoms with Crippen LogP contribution in [0.15, 0.2) is 28.4 Å². The molecule has 146 valence electrons. The molecule has 0 bridgehead atoms. The zero-order valence-corrected chi connectivity index (χ0v) is 14.9. The van der Waals surface area contributed by atoms with Gasteiger partial charge in [-0.15, -0.1) is 10.2 Å². The first kappa shape index (κ1) is 19.3. The Hall–Kier alpha value is -2.45. The van der Waals surface area contributed by atoms with E-state index < -0.39 is 23.2 Å². The van der Waals surface area contributed by atoms with Gasteiger partial charge in [0.25, 0.3) is 0 Å². The maximum Gasteiger partial charge on any atom is 0.442 e. The number of methoxy groups -OCH3 is 1. The minimum absolute atomic E-state index is 0.0153. The Morgan fingerprint density at radius 2 is 2.00 bits per heavy atom. The van der Waals surface area contributed by atoms with E-state index >= 15 is 0 Å². The Morgan fingerprint density at radius 1 is 1.30 bits per heavy atom. The van der Waals surface area contributed by atoms with Gasteiger partial charge >= 0.3 is 17.8 Å². The molecule has 1 aromatic rings. The largest absolute Gasteiger partial charge is 0.496 e. The van der Waals surface area contributed by atoms with Crippen molar-refractivity contribution in [2.75, 3.05) is 13.7 Å². The second kappa shape index (κ2) is 6.61. The van der Waals surface area contributed by atoms with Crippen molar-refractivity contribution in [1.82, 2.24) is 0 Å². The van der Waals surface area contributed by atoms with Crippen LogP contribution in [0.1, 0.15) is 37.3 Å². The third-order valence-corrected chi connectivity index (χ3v) is 5.08. The predicted octanol–water partition coefficient (Wildman–Crippen LogP) is 3.72. The van der Waals surface area contributed by atoms with Crippen LogP contribution in [0, 0.1) is 5.41 Å². The van der Waals surface area contributed by atoms with Gasteiger partial charge in [-0.3, -0.25) is 9.59 Å². The SMILES string of the molecule is CCOC(=O)C1(Cc2ccc(C3(C(F)(F)F)N=N3)cc2OC)CCCC1=O. The van der Waals surface area contributed by atoms with Crippen molar-refractivity contribution in [1.29, 1.82) is 0 Å². The molecule has 6 nitrogen and oxygen atoms in total. The van der Waals surface area contributed by atoms with Gasteiger partial charge in [0.2, 0.25) is 0 Å². The molecule has 0 amide bonds. The molecular weight excluding hydrogens is 365 g/mol. The molecule has 1 atom stereocenters. The van der Waals surface area contributed by atoms with Crippen molar-refractivity contribution in [3.05, 3.63) is 29.3 Å². The van der Waals surface area contributed by atoms with Gasteiger partial charge < -0.3 is 9.47 Å². The summed E-state index contributed by atoms with van der Waals surface area (Å²) < 4.78 is 50.0. The van der Waals surface area contributed by atoms with Crippen molar-refractivity contribution in [3.8, 4) is 5.75 Å². The summed E-state index contributed by atoms with van der Waals surface area (Å²) in [5.74, 6) is -0.666. The first-order valence-corrected chi connectivity index (χ1v) is 8.59. The summed E-state index contributed by atoms with van der Waals surface area (Å²) >= 11 is 0. The van der Waals surface area contributed by atoms with E-state index in [0.29, 0.717) is 18.4 Å². The fourth-order valence-corrected chi connectivity index (χ4v) is 3.55. The van der Waals surface area contributed by atoms with Gasteiger partial charge in [-0.1, -0.05) is 12.1 Å². The lowest BCUT2D eigenvalue weighted by Crippen LogP contribution is -2.39. The molecule has 3 rings (SSSR count). The van der Waals surface area contributed by atoms with Gasteiger partial charge in [-0.05, 0) is 37.8 Å². The lowest BCUT2D eigenvalue weighted by Gasteiger charge is -2.26. The molecule has 0 N–H and O–H groups in total. The number of hydrogen-bond acceptors (Lipinski definition) is 6. The normalized spacial score (nSPS) is 23.4. The second-order valence-electron chi connectivity index (χ2n) is 6.65. The molecule has 1 heterocycles. The second-order valence-corrected chi connectivity index (χ2v) is 6.65. The summed E-state index contributed by atoms with van der Waals surface area (Å²) in [6.45, 7) is 1.79. The first-order chi connectivity index (χ1) is 12.7. The number of ether oxygens (including phenoxy) is 2. The number of Topliss-reactive ketones (excluding diaryl/α,β-unsaturated/α-hetero) is 1. The van der Waals surface area contributed by atoms with Crippen LogP contribution >= 0.6 is 0 Å². The number of hydrogen-bond donors (Lipinski definition) is 0. The molecular formula is C18H19F3N2O4. The summed E-state index contributed by atoms with van der Waals surface area (Å²) in [6.07, 6.45) is -3.46. The fraction of sp³-hybridized carbons (Fsp3) is 0.556. The standard InChI is InChI=1S/C18H19F3N2O4/c1-3-27-15(25)16(8-4-5-14(16)24)10-11-6-7-12(9-13(11)26-2)17(22-23-17)18(19,20)21/h6-7,9H,3-5,8,10H2,1-2H3. The number of alkyl halides is 3. The number of esters is 1. The van der Waals surface area contributed by atoms with Crippen LogP contribution in [-0.4, -0.2) is 31.6 Å². The number of ketones is 1. The van der Waals surface area contributed by atoms with Gasteiger partial charge in [0.05, 0.1) is 13.7 Å². The number of nitrogens with zero attached hydrogens (tertiary/aromatic N) is 2. The van der Waals surface area contributed by atoms with E-state index in [1.807, 2.05) is 0 Å². The molecule has 1 aliphatic heterocycles. The quantitative estimate of drug-likeness (QED) is 0.553. The molecule has 0 spiro atoms. The van der Waals surface area contributed by atoms with Crippen molar-refractivity contribution >= 4 is 11.8 Å². The Labute approximate surface area is 153 Å². The predicted molar refractivity (Wildman–Crippen MR) is 87.2 cm³/mol. The number of benzene rings is 1. The Kier molecular flexibility index (Phi) is 4.73. The van der Waals surface area contributed by atoms with E-state index in [1.54, 1.807) is 6.92 Å². The van der Waals surface area contributed by atoms with Crippen LogP contribution in [0.2, 0.25) is 0 Å². The topological polar surface area (TPSA) is 77.3 Å². The minimum atomic E-state index is -4.65. The number of halogens is 3. The highest BCUT2D eigenvalue weighted by Crippen LogP contribution is 2.53. The molecule has 1 aliphatic carbocycles. The maximum absolute atomic E-state index is 13.2. The summed E-state index contributed by atoms with van der Waals surface area (Å²) in [4.78, 5) is 25.0. The molecule has 1 aromatic carbocycles. The van der Waals surface area contributed by atoms with E-state index in [2.05, 4.69) is 10.2 Å². The molecule has 0 saturated heterocycles. The molecule has 1 saturated carbocycles. The fourth-order valence-electron chi connectivity index (χ4n) is 3.55. The summed E-state index contributed by atoms with van der Waals surface area (Å²) in [6, 6.07) is 3.89. The third kappa shape index (κ3) is 3.08. The number of carbonyl (C=O) groups is 2. The Bertz CT molecular complexity index is 800. The van der Waals surface area contributed by atoms with E-state index in [9.17, 15) is 22.8 Å². The number of rotatable bonds is 6. The van der Waals surface area contributed by atoms with Gasteiger partial charge in [0, 0.05) is 12.0 Å². The Balaban J connectivity index is 1.95. The zero-order valence-electron chi connectivity index (χ0n) is 14.9. The van der Waals surface area contributed by atoms with Crippen LogP contribution in [0.3, 0.4) is 0 Å². The minimum Gasteiger partial charge on any atom is -0.496 e. The lowest BCUT2D eigenvalue weighted by molar-refractivity contribution is -0.166. The maximum atomic E-state index is 13.2. The third-order valence-electron chi connectivity index (χ3n) is 5.08. The molecule has 1 fully saturated rings.